The first kappa shape index (κ1) is 33.7. The lowest BCUT2D eigenvalue weighted by Gasteiger charge is -2.70. The topological polar surface area (TPSA) is 144 Å². The average Bonchev–Trinajstić information content (AvgIpc) is 3.63. The second-order valence-corrected chi connectivity index (χ2v) is 16.0. The maximum Gasteiger partial charge on any atom is 0.338 e. The highest BCUT2D eigenvalue weighted by molar-refractivity contribution is 6.21. The van der Waals surface area contributed by atoms with E-state index in [1.54, 1.807) is 59.6 Å². The van der Waals surface area contributed by atoms with Crippen LogP contribution in [0.15, 0.2) is 24.3 Å². The van der Waals surface area contributed by atoms with Crippen LogP contribution in [0.25, 0.3) is 0 Å². The zero-order chi connectivity index (χ0) is 34.8. The molecule has 14 atom stereocenters. The Bertz CT molecular complexity index is 1560. The lowest BCUT2D eigenvalue weighted by molar-refractivity contribution is -0.320. The molecule has 2 heterocycles. The van der Waals surface area contributed by atoms with Gasteiger partial charge < -0.3 is 33.9 Å². The molecule has 5 saturated carbocycles. The Balaban J connectivity index is 1.20. The van der Waals surface area contributed by atoms with Crippen molar-refractivity contribution in [2.24, 2.45) is 40.4 Å². The van der Waals surface area contributed by atoms with Gasteiger partial charge in [0.2, 0.25) is 11.8 Å². The van der Waals surface area contributed by atoms with E-state index in [1.807, 2.05) is 0 Å². The van der Waals surface area contributed by atoms with E-state index >= 15 is 0 Å². The molecule has 5 aliphatic carbocycles. The van der Waals surface area contributed by atoms with Gasteiger partial charge in [-0.3, -0.25) is 19.4 Å². The zero-order valence-corrected chi connectivity index (χ0v) is 29.3. The second kappa shape index (κ2) is 11.3. The van der Waals surface area contributed by atoms with Gasteiger partial charge in [0, 0.05) is 82.3 Å². The molecule has 2 saturated heterocycles. The molecule has 0 unspecified atom stereocenters. The summed E-state index contributed by atoms with van der Waals surface area (Å²) >= 11 is 0. The van der Waals surface area contributed by atoms with E-state index in [2.05, 4.69) is 11.8 Å². The van der Waals surface area contributed by atoms with E-state index in [4.69, 9.17) is 23.7 Å². The molecule has 2 N–H and O–H groups in total. The van der Waals surface area contributed by atoms with Crippen LogP contribution in [0, 0.1) is 40.4 Å². The first-order chi connectivity index (χ1) is 23.4. The Morgan fingerprint density at radius 2 is 1.84 bits per heavy atom. The number of ether oxygens (including phenoxy) is 5. The van der Waals surface area contributed by atoms with Crippen molar-refractivity contribution in [1.29, 1.82) is 0 Å². The van der Waals surface area contributed by atoms with E-state index in [1.165, 1.54) is 0 Å². The number of esters is 1. The van der Waals surface area contributed by atoms with Crippen molar-refractivity contribution in [3.8, 4) is 0 Å². The van der Waals surface area contributed by atoms with Crippen molar-refractivity contribution in [2.45, 2.75) is 87.6 Å². The number of hydrogen-bond donors (Lipinski definition) is 2. The predicted molar refractivity (Wildman–Crippen MR) is 174 cm³/mol. The third kappa shape index (κ3) is 3.91. The minimum Gasteiger partial charge on any atom is -0.461 e. The average molecular weight is 683 g/mol. The summed E-state index contributed by atoms with van der Waals surface area (Å²) in [6.07, 6.45) is 0.958. The first-order valence-electron chi connectivity index (χ1n) is 17.9. The minimum atomic E-state index is -1.68. The van der Waals surface area contributed by atoms with Crippen LogP contribution in [0.2, 0.25) is 0 Å². The van der Waals surface area contributed by atoms with Crippen molar-refractivity contribution in [2.75, 3.05) is 53.0 Å². The SMILES string of the molecule is CCN1C[C@]2(COC(=O)c3cccc(N4C(=O)C[C@H](C)C4=O)c3)CC[C@H](OC)[C@@]34[C@@H]5C[C@H]6[C@H](OC)[C@@H]5[C@](O)(C[C@@H]6OC)[C@](O)([C@@H](OC)[C@H]23)[C@@H]14. The van der Waals surface area contributed by atoms with Crippen LogP contribution < -0.4 is 4.90 Å². The molecule has 7 bridgehead atoms. The lowest BCUT2D eigenvalue weighted by Crippen LogP contribution is -2.82. The number of aliphatic hydroxyl groups is 2. The summed E-state index contributed by atoms with van der Waals surface area (Å²) in [5.41, 5.74) is -3.87. The van der Waals surface area contributed by atoms with Gasteiger partial charge in [0.1, 0.15) is 11.2 Å². The van der Waals surface area contributed by atoms with E-state index in [-0.39, 0.29) is 78.8 Å². The molecular weight excluding hydrogens is 632 g/mol. The highest BCUT2D eigenvalue weighted by atomic mass is 16.5. The van der Waals surface area contributed by atoms with E-state index in [9.17, 15) is 24.6 Å². The van der Waals surface area contributed by atoms with Crippen molar-refractivity contribution in [3.63, 3.8) is 0 Å². The summed E-state index contributed by atoms with van der Waals surface area (Å²) in [6, 6.07) is 6.03. The Morgan fingerprint density at radius 3 is 2.47 bits per heavy atom. The number of carbonyl (C=O) groups excluding carboxylic acids is 3. The molecule has 7 fully saturated rings. The molecule has 2 amide bonds. The Morgan fingerprint density at radius 1 is 1.06 bits per heavy atom. The number of benzene rings is 1. The van der Waals surface area contributed by atoms with Crippen molar-refractivity contribution >= 4 is 23.5 Å². The number of likely N-dealkylation sites (tertiary alicyclic amines) is 1. The summed E-state index contributed by atoms with van der Waals surface area (Å²) < 4.78 is 31.3. The molecule has 12 heteroatoms. The maximum atomic E-state index is 13.8. The van der Waals surface area contributed by atoms with Gasteiger partial charge in [-0.15, -0.1) is 0 Å². The predicted octanol–water partition coefficient (Wildman–Crippen LogP) is 2.04. The monoisotopic (exact) mass is 682 g/mol. The number of rotatable bonds is 9. The number of piperidine rings is 1. The van der Waals surface area contributed by atoms with Gasteiger partial charge in [-0.05, 0) is 49.9 Å². The summed E-state index contributed by atoms with van der Waals surface area (Å²) in [7, 11) is 6.72. The van der Waals surface area contributed by atoms with Gasteiger partial charge in [0.05, 0.1) is 48.3 Å². The number of imide groups is 1. The van der Waals surface area contributed by atoms with Gasteiger partial charge >= 0.3 is 5.97 Å². The van der Waals surface area contributed by atoms with Crippen LogP contribution in [0.4, 0.5) is 5.69 Å². The Kier molecular flexibility index (Phi) is 7.75. The number of methoxy groups -OCH3 is 4. The lowest BCUT2D eigenvalue weighted by atomic mass is 9.42. The molecule has 0 aromatic heterocycles. The van der Waals surface area contributed by atoms with Gasteiger partial charge in [0.15, 0.2) is 0 Å². The van der Waals surface area contributed by atoms with Crippen LogP contribution in [0.5, 0.6) is 0 Å². The number of hydrogen-bond acceptors (Lipinski definition) is 11. The number of carbonyl (C=O) groups is 3. The molecule has 268 valence electrons. The van der Waals surface area contributed by atoms with Crippen LogP contribution in [-0.4, -0.2) is 123 Å². The smallest absolute Gasteiger partial charge is 0.338 e. The van der Waals surface area contributed by atoms with Crippen molar-refractivity contribution < 1.29 is 48.3 Å². The van der Waals surface area contributed by atoms with Crippen LogP contribution in [0.1, 0.15) is 56.3 Å². The largest absolute Gasteiger partial charge is 0.461 e. The van der Waals surface area contributed by atoms with Crippen molar-refractivity contribution in [1.82, 2.24) is 4.90 Å². The van der Waals surface area contributed by atoms with E-state index in [0.29, 0.717) is 31.6 Å². The highest BCUT2D eigenvalue weighted by Gasteiger charge is 2.91. The minimum absolute atomic E-state index is 0.0516. The van der Waals surface area contributed by atoms with Gasteiger partial charge in [0.25, 0.3) is 0 Å². The number of anilines is 1. The number of fused-ring (bicyclic) bond motifs is 2. The summed E-state index contributed by atoms with van der Waals surface area (Å²) in [5, 5.41) is 26.5. The third-order valence-corrected chi connectivity index (χ3v) is 14.5. The van der Waals surface area contributed by atoms with Gasteiger partial charge in [-0.2, -0.15) is 0 Å². The fourth-order valence-corrected chi connectivity index (χ4v) is 13.1. The Hall–Kier alpha value is -2.45. The molecule has 0 radical (unpaired) electrons. The zero-order valence-electron chi connectivity index (χ0n) is 29.3. The molecule has 2 aliphatic heterocycles. The molecule has 8 rings (SSSR count). The third-order valence-electron chi connectivity index (χ3n) is 14.5. The van der Waals surface area contributed by atoms with Crippen LogP contribution in [0.3, 0.4) is 0 Å². The molecule has 7 aliphatic rings. The standard InChI is InChI=1S/C37H50N2O10/c1-7-38-17-34(18-49-32(42)20-9-8-10-21(14-20)39-26(40)13-19(2)31(39)41)12-11-25(46-4)36-23-15-22-24(45-3)16-35(43,27(23)28(22)47-5)37(44,33(36)38)30(48-6)29(34)36/h8-10,14,19,22-25,27-30,33,43-44H,7,11-13,15-18H2,1-6H3/t19-,22+,23+,24-,25-,27+,28-,29+,30-,33-,34-,35+,36-,37-/m0/s1. The maximum absolute atomic E-state index is 13.8. The number of nitrogens with zero attached hydrogens (tertiary/aromatic N) is 2. The molecule has 1 aromatic carbocycles. The van der Waals surface area contributed by atoms with Crippen molar-refractivity contribution in [3.05, 3.63) is 29.8 Å². The van der Waals surface area contributed by atoms with Crippen LogP contribution >= 0.6 is 0 Å². The summed E-state index contributed by atoms with van der Waals surface area (Å²) in [4.78, 5) is 42.6. The number of likely N-dealkylation sites (N-methyl/N-ethyl adjacent to an activating group) is 1. The first-order valence-corrected chi connectivity index (χ1v) is 17.9. The normalized spacial score (nSPS) is 48.0. The van der Waals surface area contributed by atoms with E-state index in [0.717, 1.165) is 11.3 Å². The molecule has 1 aromatic rings. The second-order valence-electron chi connectivity index (χ2n) is 16.0. The molecule has 1 spiro atoms. The van der Waals surface area contributed by atoms with E-state index < -0.39 is 46.1 Å². The molecular formula is C37H50N2O10. The van der Waals surface area contributed by atoms with Crippen LogP contribution in [-0.2, 0) is 33.3 Å². The molecule has 49 heavy (non-hydrogen) atoms. The quantitative estimate of drug-likeness (QED) is 0.292. The summed E-state index contributed by atoms with van der Waals surface area (Å²) in [6.45, 7) is 5.04. The molecule has 12 nitrogen and oxygen atoms in total. The fraction of sp³-hybridized carbons (Fsp3) is 0.757. The fourth-order valence-electron chi connectivity index (χ4n) is 13.1. The Labute approximate surface area is 287 Å². The van der Waals surface area contributed by atoms with Gasteiger partial charge in [-0.1, -0.05) is 19.9 Å². The number of amides is 2. The van der Waals surface area contributed by atoms with Gasteiger partial charge in [-0.25, -0.2) is 4.79 Å². The highest BCUT2D eigenvalue weighted by Crippen LogP contribution is 2.80. The summed E-state index contributed by atoms with van der Waals surface area (Å²) in [5.74, 6) is -2.19.